The summed E-state index contributed by atoms with van der Waals surface area (Å²) in [5, 5.41) is 10.4. The van der Waals surface area contributed by atoms with Crippen molar-refractivity contribution in [2.75, 3.05) is 0 Å². The molecule has 3 aromatic rings. The smallest absolute Gasteiger partial charge is 0.347 e. The molecule has 0 spiro atoms. The van der Waals surface area contributed by atoms with Crippen molar-refractivity contribution in [2.45, 2.75) is 19.4 Å². The van der Waals surface area contributed by atoms with E-state index in [-0.39, 0.29) is 0 Å². The van der Waals surface area contributed by atoms with Crippen molar-refractivity contribution in [1.82, 2.24) is 0 Å². The van der Waals surface area contributed by atoms with Gasteiger partial charge in [0.15, 0.2) is 5.60 Å². The Bertz CT molecular complexity index is 1020. The van der Waals surface area contributed by atoms with Crippen molar-refractivity contribution in [3.05, 3.63) is 64.0 Å². The van der Waals surface area contributed by atoms with E-state index in [9.17, 15) is 14.7 Å². The molecule has 2 aromatic carbocycles. The minimum atomic E-state index is -1.41. The molecule has 25 heavy (non-hydrogen) atoms. The van der Waals surface area contributed by atoms with E-state index in [1.165, 1.54) is 26.0 Å². The molecule has 0 aliphatic heterocycles. The number of carboxylic acids is 1. The van der Waals surface area contributed by atoms with Gasteiger partial charge in [-0.1, -0.05) is 29.8 Å². The Morgan fingerprint density at radius 3 is 2.52 bits per heavy atom. The lowest BCUT2D eigenvalue weighted by Crippen LogP contribution is -2.37. The fraction of sp³-hybridized carbons (Fsp3) is 0.158. The monoisotopic (exact) mass is 358 g/mol. The van der Waals surface area contributed by atoms with E-state index >= 15 is 0 Å². The van der Waals surface area contributed by atoms with Crippen LogP contribution >= 0.6 is 11.6 Å². The van der Waals surface area contributed by atoms with Gasteiger partial charge in [0.05, 0.1) is 0 Å². The number of rotatable bonds is 4. The summed E-state index contributed by atoms with van der Waals surface area (Å²) in [5.41, 5.74) is -0.297. The van der Waals surface area contributed by atoms with Crippen molar-refractivity contribution in [1.29, 1.82) is 0 Å². The highest BCUT2D eigenvalue weighted by Gasteiger charge is 2.29. The van der Waals surface area contributed by atoms with Gasteiger partial charge in [0, 0.05) is 33.7 Å². The largest absolute Gasteiger partial charge is 0.478 e. The van der Waals surface area contributed by atoms with Gasteiger partial charge in [-0.3, -0.25) is 0 Å². The predicted octanol–water partition coefficient (Wildman–Crippen LogP) is 4.36. The Kier molecular flexibility index (Phi) is 4.27. The van der Waals surface area contributed by atoms with E-state index in [2.05, 4.69) is 0 Å². The molecule has 1 aromatic heterocycles. The van der Waals surface area contributed by atoms with Crippen LogP contribution in [0.2, 0.25) is 5.02 Å². The number of halogens is 1. The van der Waals surface area contributed by atoms with Gasteiger partial charge in [-0.25, -0.2) is 9.59 Å². The number of benzene rings is 2. The topological polar surface area (TPSA) is 76.7 Å². The Balaban J connectivity index is 2.15. The van der Waals surface area contributed by atoms with Gasteiger partial charge < -0.3 is 14.3 Å². The quantitative estimate of drug-likeness (QED) is 0.701. The summed E-state index contributed by atoms with van der Waals surface area (Å²) in [6.45, 7) is 2.88. The third-order valence-corrected chi connectivity index (χ3v) is 4.10. The van der Waals surface area contributed by atoms with E-state index in [1.807, 2.05) is 12.1 Å². The number of carbonyl (C=O) groups is 1. The molecule has 0 saturated heterocycles. The van der Waals surface area contributed by atoms with Crippen LogP contribution in [0.4, 0.5) is 0 Å². The second-order valence-electron chi connectivity index (χ2n) is 6.03. The molecule has 0 fully saturated rings. The summed E-state index contributed by atoms with van der Waals surface area (Å²) in [5.74, 6) is -0.807. The first-order valence-corrected chi connectivity index (χ1v) is 7.91. The number of ether oxygens (including phenoxy) is 1. The first-order valence-electron chi connectivity index (χ1n) is 7.53. The molecule has 6 heteroatoms. The summed E-state index contributed by atoms with van der Waals surface area (Å²) in [6, 6.07) is 13.4. The molecule has 0 amide bonds. The van der Waals surface area contributed by atoms with Crippen molar-refractivity contribution in [2.24, 2.45) is 0 Å². The summed E-state index contributed by atoms with van der Waals surface area (Å²) >= 11 is 6.24. The van der Waals surface area contributed by atoms with Crippen LogP contribution in [0.25, 0.3) is 22.1 Å². The Morgan fingerprint density at radius 1 is 1.12 bits per heavy atom. The van der Waals surface area contributed by atoms with Crippen LogP contribution in [0.15, 0.2) is 57.7 Å². The molecular formula is C19H15ClO5. The zero-order valence-electron chi connectivity index (χ0n) is 13.6. The van der Waals surface area contributed by atoms with Gasteiger partial charge in [-0.05, 0) is 32.0 Å². The molecule has 3 rings (SSSR count). The average molecular weight is 359 g/mol. The summed E-state index contributed by atoms with van der Waals surface area (Å²) < 4.78 is 10.7. The summed E-state index contributed by atoms with van der Waals surface area (Å²) in [4.78, 5) is 23.2. The van der Waals surface area contributed by atoms with Crippen molar-refractivity contribution >= 4 is 28.5 Å². The van der Waals surface area contributed by atoms with Crippen LogP contribution in [0, 0.1) is 0 Å². The van der Waals surface area contributed by atoms with Crippen LogP contribution in [-0.2, 0) is 4.79 Å². The Morgan fingerprint density at radius 2 is 1.84 bits per heavy atom. The molecule has 0 aliphatic rings. The highest BCUT2D eigenvalue weighted by Crippen LogP contribution is 2.34. The molecule has 0 unspecified atom stereocenters. The van der Waals surface area contributed by atoms with E-state index in [0.29, 0.717) is 32.9 Å². The van der Waals surface area contributed by atoms with Gasteiger partial charge in [-0.2, -0.15) is 0 Å². The average Bonchev–Trinajstić information content (AvgIpc) is 2.53. The van der Waals surface area contributed by atoms with Crippen molar-refractivity contribution < 1.29 is 19.1 Å². The molecular weight excluding hydrogens is 344 g/mol. The zero-order valence-corrected chi connectivity index (χ0v) is 14.3. The molecule has 0 radical (unpaired) electrons. The van der Waals surface area contributed by atoms with Crippen LogP contribution in [0.5, 0.6) is 5.75 Å². The summed E-state index contributed by atoms with van der Waals surface area (Å²) in [7, 11) is 0. The normalized spacial score (nSPS) is 11.5. The fourth-order valence-electron chi connectivity index (χ4n) is 2.45. The lowest BCUT2D eigenvalue weighted by Gasteiger charge is -2.21. The number of aliphatic carboxylic acids is 1. The van der Waals surface area contributed by atoms with Crippen LogP contribution in [0.3, 0.4) is 0 Å². The maximum absolute atomic E-state index is 11.9. The van der Waals surface area contributed by atoms with Crippen LogP contribution in [-0.4, -0.2) is 16.7 Å². The van der Waals surface area contributed by atoms with E-state index in [0.717, 1.165) is 0 Å². The Hall–Kier alpha value is -2.79. The van der Waals surface area contributed by atoms with E-state index < -0.39 is 17.2 Å². The minimum absolute atomic E-state index is 0.291. The van der Waals surface area contributed by atoms with E-state index in [1.54, 1.807) is 24.3 Å². The molecule has 1 N–H and O–H groups in total. The van der Waals surface area contributed by atoms with Gasteiger partial charge in [0.1, 0.15) is 11.3 Å². The summed E-state index contributed by atoms with van der Waals surface area (Å²) in [6.07, 6.45) is 0. The first-order chi connectivity index (χ1) is 11.8. The lowest BCUT2D eigenvalue weighted by atomic mass is 10.0. The van der Waals surface area contributed by atoms with Gasteiger partial charge in [0.2, 0.25) is 0 Å². The zero-order chi connectivity index (χ0) is 18.2. The van der Waals surface area contributed by atoms with E-state index in [4.69, 9.17) is 20.8 Å². The predicted molar refractivity (Wildman–Crippen MR) is 95.3 cm³/mol. The minimum Gasteiger partial charge on any atom is -0.478 e. The number of fused-ring (bicyclic) bond motifs is 1. The molecule has 1 heterocycles. The third kappa shape index (κ3) is 3.37. The number of carboxylic acid groups (broad SMARTS) is 1. The lowest BCUT2D eigenvalue weighted by molar-refractivity contribution is -0.152. The first kappa shape index (κ1) is 17.0. The van der Waals surface area contributed by atoms with Gasteiger partial charge in [-0.15, -0.1) is 0 Å². The molecule has 0 bridgehead atoms. The second kappa shape index (κ2) is 6.26. The SMILES string of the molecule is CC(C)(Oc1ccc2c(-c3ccccc3Cl)cc(=O)oc2c1)C(=O)O. The maximum atomic E-state index is 11.9. The Labute approximate surface area is 148 Å². The van der Waals surface area contributed by atoms with Crippen LogP contribution < -0.4 is 10.4 Å². The third-order valence-electron chi connectivity index (χ3n) is 3.77. The number of hydrogen-bond acceptors (Lipinski definition) is 4. The van der Waals surface area contributed by atoms with Crippen molar-refractivity contribution in [3.63, 3.8) is 0 Å². The second-order valence-corrected chi connectivity index (χ2v) is 6.44. The highest BCUT2D eigenvalue weighted by molar-refractivity contribution is 6.33. The van der Waals surface area contributed by atoms with Gasteiger partial charge >= 0.3 is 11.6 Å². The fourth-order valence-corrected chi connectivity index (χ4v) is 2.68. The molecule has 0 atom stereocenters. The highest BCUT2D eigenvalue weighted by atomic mass is 35.5. The maximum Gasteiger partial charge on any atom is 0.347 e. The molecule has 0 saturated carbocycles. The molecule has 0 aliphatic carbocycles. The number of hydrogen-bond donors (Lipinski definition) is 1. The standard InChI is InChI=1S/C19H15ClO5/c1-19(2,18(22)23)25-11-7-8-13-14(10-17(21)24-16(13)9-11)12-5-3-4-6-15(12)20/h3-10H,1-2H3,(H,22,23). The molecule has 128 valence electrons. The van der Waals surface area contributed by atoms with Gasteiger partial charge in [0.25, 0.3) is 0 Å². The molecule has 5 nitrogen and oxygen atoms in total. The van der Waals surface area contributed by atoms with Crippen molar-refractivity contribution in [3.8, 4) is 16.9 Å². The van der Waals surface area contributed by atoms with Crippen LogP contribution in [0.1, 0.15) is 13.8 Å².